The molecule has 0 aliphatic heterocycles. The highest BCUT2D eigenvalue weighted by Gasteiger charge is 2.18. The first-order valence-corrected chi connectivity index (χ1v) is 14.2. The van der Waals surface area contributed by atoms with Gasteiger partial charge in [-0.3, -0.25) is 19.9 Å². The molecule has 6 heterocycles. The summed E-state index contributed by atoms with van der Waals surface area (Å²) >= 11 is 0. The molecule has 10 nitrogen and oxygen atoms in total. The number of benzene rings is 1. The van der Waals surface area contributed by atoms with E-state index in [1.54, 1.807) is 24.8 Å². The maximum atomic E-state index is 6.12. The van der Waals surface area contributed by atoms with Gasteiger partial charge in [-0.25, -0.2) is 0 Å². The van der Waals surface area contributed by atoms with Gasteiger partial charge in [0.05, 0.1) is 33.9 Å². The van der Waals surface area contributed by atoms with Crippen molar-refractivity contribution >= 4 is 0 Å². The zero-order chi connectivity index (χ0) is 29.9. The Kier molecular flexibility index (Phi) is 7.21. The van der Waals surface area contributed by atoms with Gasteiger partial charge in [0.1, 0.15) is 0 Å². The van der Waals surface area contributed by atoms with Crippen LogP contribution in [0.2, 0.25) is 0 Å². The summed E-state index contributed by atoms with van der Waals surface area (Å²) in [5.41, 5.74) is 7.16. The van der Waals surface area contributed by atoms with E-state index in [0.29, 0.717) is 34.7 Å². The first-order chi connectivity index (χ1) is 21.6. The third-order valence-electron chi connectivity index (χ3n) is 7.36. The number of nitrogens with zero attached hydrogens (tertiary/aromatic N) is 8. The summed E-state index contributed by atoms with van der Waals surface area (Å²) in [7, 11) is 0. The van der Waals surface area contributed by atoms with Gasteiger partial charge < -0.3 is 8.83 Å². The van der Waals surface area contributed by atoms with E-state index in [4.69, 9.17) is 8.83 Å². The Morgan fingerprint density at radius 1 is 0.523 bits per heavy atom. The molecule has 7 aromatic rings. The molecule has 0 N–H and O–H groups in total. The average Bonchev–Trinajstić information content (AvgIpc) is 3.80. The van der Waals surface area contributed by atoms with Gasteiger partial charge in [0.25, 0.3) is 0 Å². The van der Waals surface area contributed by atoms with Crippen LogP contribution >= 0.6 is 0 Å². The molecule has 1 unspecified atom stereocenters. The summed E-state index contributed by atoms with van der Waals surface area (Å²) in [6, 6.07) is 25.0. The molecule has 0 amide bonds. The van der Waals surface area contributed by atoms with Crippen LogP contribution < -0.4 is 0 Å². The van der Waals surface area contributed by atoms with Gasteiger partial charge in [-0.05, 0) is 84.6 Å². The van der Waals surface area contributed by atoms with Crippen LogP contribution in [0.25, 0.3) is 68.6 Å². The predicted molar refractivity (Wildman–Crippen MR) is 165 cm³/mol. The molecule has 0 saturated heterocycles. The molecule has 7 rings (SSSR count). The monoisotopic (exact) mass is 578 g/mol. The molecule has 214 valence electrons. The Hall–Kier alpha value is -5.90. The van der Waals surface area contributed by atoms with Gasteiger partial charge in [-0.1, -0.05) is 26.0 Å². The smallest absolute Gasteiger partial charge is 0.249 e. The molecule has 6 aromatic heterocycles. The number of hydrogen-bond acceptors (Lipinski definition) is 10. The number of rotatable bonds is 8. The lowest BCUT2D eigenvalue weighted by atomic mass is 9.94. The quantitative estimate of drug-likeness (QED) is 0.178. The summed E-state index contributed by atoms with van der Waals surface area (Å²) in [5.74, 6) is 1.79. The first-order valence-electron chi connectivity index (χ1n) is 14.2. The second kappa shape index (κ2) is 11.8. The topological polar surface area (TPSA) is 129 Å². The number of pyridine rings is 4. The fourth-order valence-electron chi connectivity index (χ4n) is 4.70. The van der Waals surface area contributed by atoms with Crippen molar-refractivity contribution in [1.29, 1.82) is 0 Å². The van der Waals surface area contributed by atoms with Crippen molar-refractivity contribution in [2.75, 3.05) is 0 Å². The van der Waals surface area contributed by atoms with E-state index in [2.05, 4.69) is 66.3 Å². The molecular weight excluding hydrogens is 552 g/mol. The van der Waals surface area contributed by atoms with Gasteiger partial charge in [0, 0.05) is 35.9 Å². The fraction of sp³-hybridized carbons (Fsp3) is 0.118. The van der Waals surface area contributed by atoms with E-state index in [9.17, 15) is 0 Å². The summed E-state index contributed by atoms with van der Waals surface area (Å²) < 4.78 is 12.2. The average molecular weight is 579 g/mol. The van der Waals surface area contributed by atoms with E-state index in [0.717, 1.165) is 45.9 Å². The second-order valence-corrected chi connectivity index (χ2v) is 10.3. The van der Waals surface area contributed by atoms with Gasteiger partial charge in [0.15, 0.2) is 0 Å². The van der Waals surface area contributed by atoms with Crippen molar-refractivity contribution in [2.24, 2.45) is 0 Å². The summed E-state index contributed by atoms with van der Waals surface area (Å²) in [4.78, 5) is 17.8. The molecule has 0 radical (unpaired) electrons. The van der Waals surface area contributed by atoms with Crippen LogP contribution in [-0.4, -0.2) is 40.3 Å². The normalized spacial score (nSPS) is 11.9. The Bertz CT molecular complexity index is 1870. The molecule has 44 heavy (non-hydrogen) atoms. The first kappa shape index (κ1) is 27.0. The van der Waals surface area contributed by atoms with Crippen molar-refractivity contribution in [1.82, 2.24) is 40.3 Å². The lowest BCUT2D eigenvalue weighted by Crippen LogP contribution is -1.94. The molecular formula is C34H26N8O2. The third-order valence-corrected chi connectivity index (χ3v) is 7.36. The van der Waals surface area contributed by atoms with E-state index in [-0.39, 0.29) is 5.92 Å². The highest BCUT2D eigenvalue weighted by atomic mass is 16.4. The van der Waals surface area contributed by atoms with Crippen LogP contribution in [0.4, 0.5) is 0 Å². The maximum absolute atomic E-state index is 6.12. The van der Waals surface area contributed by atoms with Crippen molar-refractivity contribution in [2.45, 2.75) is 26.2 Å². The number of aromatic nitrogens is 8. The Balaban J connectivity index is 1.18. The highest BCUT2D eigenvalue weighted by Crippen LogP contribution is 2.33. The molecule has 0 bridgehead atoms. The van der Waals surface area contributed by atoms with Gasteiger partial charge in [0.2, 0.25) is 23.6 Å². The van der Waals surface area contributed by atoms with Crippen molar-refractivity contribution < 1.29 is 8.83 Å². The Morgan fingerprint density at radius 2 is 0.977 bits per heavy atom. The van der Waals surface area contributed by atoms with Crippen LogP contribution in [0.5, 0.6) is 0 Å². The van der Waals surface area contributed by atoms with Crippen LogP contribution in [0.1, 0.15) is 31.7 Å². The van der Waals surface area contributed by atoms with Crippen LogP contribution in [0.15, 0.2) is 112 Å². The van der Waals surface area contributed by atoms with Crippen LogP contribution in [0, 0.1) is 0 Å². The minimum absolute atomic E-state index is 0.283. The van der Waals surface area contributed by atoms with Crippen LogP contribution in [0.3, 0.4) is 0 Å². The Morgan fingerprint density at radius 3 is 1.36 bits per heavy atom. The standard InChI is InChI=1S/C34H26N8O2/c1-3-21(2)24-16-25(33-41-39-31(43-33)22-10-12-29(37-19-22)27-8-4-6-14-35-27)18-26(17-24)34-42-40-32(44-34)23-11-13-30(38-20-23)28-9-5-7-15-36-28/h4-21H,3H2,1-2H3. The SMILES string of the molecule is CCC(C)c1cc(-c2nnc(-c3ccc(-c4ccccn4)nc3)o2)cc(-c2nnc(-c3ccc(-c4ccccn4)nc3)o2)c1. The van der Waals surface area contributed by atoms with E-state index >= 15 is 0 Å². The summed E-state index contributed by atoms with van der Waals surface area (Å²) in [6.45, 7) is 4.32. The van der Waals surface area contributed by atoms with Gasteiger partial charge >= 0.3 is 0 Å². The third kappa shape index (κ3) is 5.48. The van der Waals surface area contributed by atoms with E-state index < -0.39 is 0 Å². The largest absolute Gasteiger partial charge is 0.416 e. The molecule has 0 fully saturated rings. The number of hydrogen-bond donors (Lipinski definition) is 0. The van der Waals surface area contributed by atoms with Gasteiger partial charge in [-0.15, -0.1) is 20.4 Å². The van der Waals surface area contributed by atoms with Crippen molar-refractivity contribution in [3.8, 4) is 68.6 Å². The van der Waals surface area contributed by atoms with E-state index in [1.165, 1.54) is 0 Å². The predicted octanol–water partition coefficient (Wildman–Crippen LogP) is 7.55. The Labute approximate surface area is 253 Å². The minimum Gasteiger partial charge on any atom is -0.416 e. The van der Waals surface area contributed by atoms with Crippen molar-refractivity contribution in [3.63, 3.8) is 0 Å². The molecule has 0 saturated carbocycles. The fourth-order valence-corrected chi connectivity index (χ4v) is 4.70. The summed E-state index contributed by atoms with van der Waals surface area (Å²) in [5, 5.41) is 17.3. The molecule has 0 aliphatic carbocycles. The lowest BCUT2D eigenvalue weighted by Gasteiger charge is -2.11. The lowest BCUT2D eigenvalue weighted by molar-refractivity contribution is 0.581. The highest BCUT2D eigenvalue weighted by molar-refractivity contribution is 5.68. The summed E-state index contributed by atoms with van der Waals surface area (Å²) in [6.07, 6.45) is 7.85. The van der Waals surface area contributed by atoms with Gasteiger partial charge in [-0.2, -0.15) is 0 Å². The maximum Gasteiger partial charge on any atom is 0.249 e. The molecule has 0 aliphatic rings. The van der Waals surface area contributed by atoms with Crippen molar-refractivity contribution in [3.05, 3.63) is 109 Å². The second-order valence-electron chi connectivity index (χ2n) is 10.3. The zero-order valence-corrected chi connectivity index (χ0v) is 24.0. The zero-order valence-electron chi connectivity index (χ0n) is 24.0. The molecule has 0 spiro atoms. The van der Waals surface area contributed by atoms with Crippen LogP contribution in [-0.2, 0) is 0 Å². The molecule has 10 heteroatoms. The minimum atomic E-state index is 0.283. The molecule has 1 aromatic carbocycles. The van der Waals surface area contributed by atoms with E-state index in [1.807, 2.05) is 66.7 Å². The molecule has 1 atom stereocenters.